The van der Waals surface area contributed by atoms with Gasteiger partial charge in [0, 0.05) is 83.5 Å². The van der Waals surface area contributed by atoms with Crippen LogP contribution in [0.3, 0.4) is 0 Å². The number of nitrogens with zero attached hydrogens (tertiary/aromatic N) is 4. The standard InChI is InChI=1S/C25H33NO3.C24H31NO3.C23H31NO4.C23H29NO3/c1-24-8-6-17-16-5-4-15(26-28)10-14(16)11-18(13-2-3-13)22(17)23(24)19-12-20(19)25(24)9-7-21(27)29-25;1-3-13-10-14-11-15(25-27)4-5-16(14)17-6-8-23(2)22(21(13)17)18-12-19(18)24(23)9-7-20(26)28-24;1-22-6-4-15-14-3-2-13(24-27)9-16(14)12(11-25)8-17(15)21(22)18-10-19(18)23(22)7-5-20(26)28-23;1-12-9-17-15(14-4-3-13(24-26)10-16(12)14)5-7-22(2)21(17)18-11-19(18)23(22)8-6-20(25)27-23/h10,13,16-20,22-23,28H,2-9,11-12H2,1H3;3,11,13,16-19,21-22,27H,1,4-10,12H2,2H3;9,12,14-15,17-19,21,25,27H,2-8,10-11H2,1H3;10,14-15,17-19,21,26H,1,3-9,11H2,2H3/b26-15+;25-15+;2*24-13+/t16-,17?,18?,19?,20?,22?,23?,24-,25-;13?,16-,17?,18?,19?,21?,22?,23-,24-;12?,14-,15?,17?,18?,19?,21?,22+,23+;14-,15?,17?,18?,19?,21?,22+,23+/m0011/s1. The number of hydrogen-bond acceptors (Lipinski definition) is 17. The Hall–Kier alpha value is -5.84. The maximum atomic E-state index is 12.2. The van der Waals surface area contributed by atoms with Gasteiger partial charge in [-0.2, -0.15) is 0 Å². The van der Waals surface area contributed by atoms with Crippen molar-refractivity contribution in [1.82, 2.24) is 0 Å². The molecule has 0 radical (unpaired) electrons. The van der Waals surface area contributed by atoms with Crippen molar-refractivity contribution in [3.05, 3.63) is 71.4 Å². The summed E-state index contributed by atoms with van der Waals surface area (Å²) in [4.78, 5) is 48.6. The SMILES string of the molecule is C=C1CC2C(CC[C@@]3(C)C2C2CC2[C@@]32CCC(=O)O2)[C@H]2CC/C(=N\O)C=C12.C=CC1CC2=C/C(=N/O)CC[C@@H]2C2CC[C@@]3(C)C(C4CC4[C@@]34CCC(=O)O4)C12.C[C@]12CCC3C(C(C4CC4)CC4=C/C(=N/O)CC[C@@H]43)C1C1CC1[C@@]21CCC(=O)O1.C[C@]12CCC3C(CC(CO)C4=C/C(=N/O)CC[C@@H]43)C1C1CC1[C@@]21CCC(=O)O1. The largest absolute Gasteiger partial charge is 0.458 e. The molecule has 0 amide bonds. The predicted octanol–water partition coefficient (Wildman–Crippen LogP) is 17.7. The molecule has 21 fully saturated rings. The molecule has 0 aromatic heterocycles. The molecular weight excluding hydrogens is 1410 g/mol. The number of carbonyl (C=O) groups excluding carboxylic acids is 4. The molecule has 112 heavy (non-hydrogen) atoms. The molecule has 602 valence electrons. The molecule has 5 N–H and O–H groups in total. The number of oxime groups is 4. The molecule has 0 aromatic carbocycles. The van der Waals surface area contributed by atoms with Crippen LogP contribution in [0.25, 0.3) is 0 Å². The first kappa shape index (κ1) is 72.6. The van der Waals surface area contributed by atoms with Crippen LogP contribution in [0.5, 0.6) is 0 Å². The summed E-state index contributed by atoms with van der Waals surface area (Å²) in [6.07, 6.45) is 47.0. The van der Waals surface area contributed by atoms with E-state index in [1.165, 1.54) is 119 Å². The van der Waals surface area contributed by atoms with Crippen molar-refractivity contribution in [2.75, 3.05) is 6.61 Å². The molecule has 25 aliphatic rings. The van der Waals surface area contributed by atoms with E-state index in [-0.39, 0.29) is 80.5 Å². The Bertz CT molecular complexity index is 4330. The van der Waals surface area contributed by atoms with E-state index in [1.807, 2.05) is 0 Å². The van der Waals surface area contributed by atoms with Crippen LogP contribution in [-0.2, 0) is 38.1 Å². The molecule has 17 heteroatoms. The van der Waals surface area contributed by atoms with Gasteiger partial charge >= 0.3 is 23.9 Å². The zero-order chi connectivity index (χ0) is 76.6. The molecular formula is C95H124N4O13. The van der Waals surface area contributed by atoms with Crippen molar-refractivity contribution < 1.29 is 64.1 Å². The molecule has 0 bridgehead atoms. The average molecular weight is 1530 g/mol. The second-order valence-electron chi connectivity index (χ2n) is 43.4. The normalized spacial score (nSPS) is 55.2. The molecule has 17 nitrogen and oxygen atoms in total. The minimum atomic E-state index is -0.196. The van der Waals surface area contributed by atoms with Gasteiger partial charge in [-0.15, -0.1) is 6.58 Å². The van der Waals surface area contributed by atoms with E-state index in [9.17, 15) is 45.1 Å². The number of hydrogen-bond donors (Lipinski definition) is 5. The van der Waals surface area contributed by atoms with Gasteiger partial charge in [-0.3, -0.25) is 19.2 Å². The van der Waals surface area contributed by atoms with Crippen LogP contribution in [0.15, 0.2) is 92.0 Å². The number of aliphatic hydroxyl groups is 1. The minimum absolute atomic E-state index is 0.0137. The van der Waals surface area contributed by atoms with Crippen molar-refractivity contribution in [3.63, 3.8) is 0 Å². The Morgan fingerprint density at radius 1 is 0.402 bits per heavy atom. The lowest BCUT2D eigenvalue weighted by Gasteiger charge is -2.59. The van der Waals surface area contributed by atoms with Crippen LogP contribution in [0, 0.1) is 187 Å². The number of allylic oxidation sites excluding steroid dienone is 9. The van der Waals surface area contributed by atoms with E-state index in [2.05, 4.69) is 91.9 Å². The third-order valence-electron chi connectivity index (χ3n) is 40.4. The lowest BCUT2D eigenvalue weighted by Crippen LogP contribution is -2.57. The van der Waals surface area contributed by atoms with Crippen LogP contribution in [0.4, 0.5) is 0 Å². The fraction of sp³-hybridized carbons (Fsp3) is 0.789. The zero-order valence-corrected chi connectivity index (χ0v) is 67.0. The highest BCUT2D eigenvalue weighted by Crippen LogP contribution is 2.84. The molecule has 25 rings (SSSR count). The van der Waals surface area contributed by atoms with E-state index < -0.39 is 0 Å². The van der Waals surface area contributed by atoms with Crippen LogP contribution < -0.4 is 0 Å². The minimum Gasteiger partial charge on any atom is -0.458 e. The first-order chi connectivity index (χ1) is 54.1. The summed E-state index contributed by atoms with van der Waals surface area (Å²) in [7, 11) is 0. The fourth-order valence-corrected chi connectivity index (χ4v) is 36.2. The quantitative estimate of drug-likeness (QED) is 0.0580. The summed E-state index contributed by atoms with van der Waals surface area (Å²) >= 11 is 0. The first-order valence-corrected chi connectivity index (χ1v) is 45.5. The summed E-state index contributed by atoms with van der Waals surface area (Å²) in [5, 5.41) is 61.2. The van der Waals surface area contributed by atoms with Crippen LogP contribution in [0.2, 0.25) is 0 Å². The number of rotatable bonds is 3. The van der Waals surface area contributed by atoms with Gasteiger partial charge in [0.1, 0.15) is 22.4 Å². The van der Waals surface area contributed by atoms with Crippen molar-refractivity contribution in [2.24, 2.45) is 208 Å². The van der Waals surface area contributed by atoms with Crippen molar-refractivity contribution in [1.29, 1.82) is 0 Å². The van der Waals surface area contributed by atoms with Gasteiger partial charge in [-0.05, 0) is 359 Å². The van der Waals surface area contributed by atoms with Gasteiger partial charge in [0.2, 0.25) is 0 Å². The number of fused-ring (bicyclic) bond motifs is 36. The van der Waals surface area contributed by atoms with Crippen molar-refractivity contribution in [3.8, 4) is 0 Å². The van der Waals surface area contributed by atoms with E-state index in [1.54, 1.807) is 5.57 Å². The van der Waals surface area contributed by atoms with Gasteiger partial charge in [-0.1, -0.05) is 83.3 Å². The molecule has 21 aliphatic carbocycles. The second-order valence-corrected chi connectivity index (χ2v) is 43.4. The highest BCUT2D eigenvalue weighted by Gasteiger charge is 2.84. The highest BCUT2D eigenvalue weighted by atomic mass is 16.6. The van der Waals surface area contributed by atoms with Crippen molar-refractivity contribution in [2.45, 2.75) is 268 Å². The Balaban J connectivity index is 0.0000000916. The van der Waals surface area contributed by atoms with Gasteiger partial charge in [0.15, 0.2) is 0 Å². The van der Waals surface area contributed by atoms with E-state index in [0.717, 1.165) is 167 Å². The third-order valence-corrected chi connectivity index (χ3v) is 40.4. The van der Waals surface area contributed by atoms with E-state index in [4.69, 9.17) is 18.9 Å². The maximum Gasteiger partial charge on any atom is 0.306 e. The molecule has 4 aliphatic heterocycles. The molecule has 17 saturated carbocycles. The van der Waals surface area contributed by atoms with E-state index >= 15 is 0 Å². The predicted molar refractivity (Wildman–Crippen MR) is 418 cm³/mol. The second kappa shape index (κ2) is 25.1. The average Bonchev–Trinajstić information content (AvgIpc) is 1.54. The molecule has 0 aromatic rings. The number of carbonyl (C=O) groups is 4. The van der Waals surface area contributed by atoms with Gasteiger partial charge in [0.05, 0.1) is 22.8 Å². The number of esters is 4. The first-order valence-electron chi connectivity index (χ1n) is 45.5. The summed E-state index contributed by atoms with van der Waals surface area (Å²) in [6, 6.07) is 0. The Labute approximate surface area is 661 Å². The molecule has 23 unspecified atom stereocenters. The zero-order valence-electron chi connectivity index (χ0n) is 67.0. The maximum absolute atomic E-state index is 12.2. The Morgan fingerprint density at radius 3 is 1.24 bits per heavy atom. The lowest BCUT2D eigenvalue weighted by atomic mass is 9.46. The van der Waals surface area contributed by atoms with Crippen molar-refractivity contribution >= 4 is 46.7 Å². The summed E-state index contributed by atoms with van der Waals surface area (Å²) in [5.41, 5.74) is 10.3. The topological polar surface area (TPSA) is 256 Å². The molecule has 4 spiro atoms. The Kier molecular flexibility index (Phi) is 16.3. The van der Waals surface area contributed by atoms with E-state index in [0.29, 0.717) is 138 Å². The number of ether oxygens (including phenoxy) is 4. The third kappa shape index (κ3) is 9.75. The van der Waals surface area contributed by atoms with Gasteiger partial charge < -0.3 is 44.9 Å². The lowest BCUT2D eigenvalue weighted by molar-refractivity contribution is -0.177. The highest BCUT2D eigenvalue weighted by molar-refractivity contribution is 5.98. The summed E-state index contributed by atoms with van der Waals surface area (Å²) in [6.45, 7) is 18.7. The summed E-state index contributed by atoms with van der Waals surface area (Å²) in [5.74, 6) is 18.9. The monoisotopic (exact) mass is 1530 g/mol. The fourth-order valence-electron chi connectivity index (χ4n) is 36.2. The smallest absolute Gasteiger partial charge is 0.306 e. The molecule has 4 saturated heterocycles. The summed E-state index contributed by atoms with van der Waals surface area (Å²) < 4.78 is 24.8. The van der Waals surface area contributed by atoms with Crippen LogP contribution in [0.1, 0.15) is 246 Å². The Morgan fingerprint density at radius 2 is 0.795 bits per heavy atom. The van der Waals surface area contributed by atoms with Gasteiger partial charge in [-0.25, -0.2) is 0 Å². The van der Waals surface area contributed by atoms with Gasteiger partial charge in [0.25, 0.3) is 0 Å². The van der Waals surface area contributed by atoms with Crippen LogP contribution >= 0.6 is 0 Å². The molecule has 35 atom stereocenters. The van der Waals surface area contributed by atoms with Crippen LogP contribution in [-0.4, -0.2) is 102 Å². The number of aliphatic hydroxyl groups excluding tert-OH is 1. The molecule has 4 heterocycles.